The fraction of sp³-hybridized carbons (Fsp3) is 0.471. The molecule has 3 rings (SSSR count). The Balaban J connectivity index is 1.88. The number of nitrogens with one attached hydrogen (secondary N) is 1. The topological polar surface area (TPSA) is 79.4 Å². The van der Waals surface area contributed by atoms with Gasteiger partial charge >= 0.3 is 11.3 Å². The summed E-state index contributed by atoms with van der Waals surface area (Å²) >= 11 is 0. The molecule has 1 heterocycles. The van der Waals surface area contributed by atoms with Gasteiger partial charge in [0.1, 0.15) is 12.3 Å². The van der Waals surface area contributed by atoms with Crippen LogP contribution in [-0.2, 0) is 11.3 Å². The molecule has 0 spiro atoms. The van der Waals surface area contributed by atoms with Crippen LogP contribution in [0.4, 0.5) is 0 Å². The second kappa shape index (κ2) is 6.90. The summed E-state index contributed by atoms with van der Waals surface area (Å²) in [6, 6.07) is 7.49. The van der Waals surface area contributed by atoms with Gasteiger partial charge in [0, 0.05) is 24.6 Å². The Labute approximate surface area is 139 Å². The zero-order valence-electron chi connectivity index (χ0n) is 13.9. The van der Waals surface area contributed by atoms with Crippen molar-refractivity contribution in [2.24, 2.45) is 0 Å². The second-order valence-corrected chi connectivity index (χ2v) is 5.96. The predicted octanol–water partition coefficient (Wildman–Crippen LogP) is 1.54. The van der Waals surface area contributed by atoms with E-state index in [0.717, 1.165) is 30.7 Å². The molecule has 1 N–H and O–H groups in total. The number of ether oxygens (including phenoxy) is 1. The van der Waals surface area contributed by atoms with E-state index in [0.29, 0.717) is 12.1 Å². The lowest BCUT2D eigenvalue weighted by Gasteiger charge is -2.19. The molecule has 0 radical (unpaired) electrons. The van der Waals surface area contributed by atoms with Gasteiger partial charge in [-0.25, -0.2) is 4.79 Å². The molecule has 7 heteroatoms. The molecule has 0 atom stereocenters. The lowest BCUT2D eigenvalue weighted by atomic mass is 10.2. The average molecular weight is 332 g/mol. The zero-order valence-corrected chi connectivity index (χ0v) is 13.9. The number of hydrogen-bond acceptors (Lipinski definition) is 4. The van der Waals surface area contributed by atoms with Crippen molar-refractivity contribution in [3.8, 4) is 11.4 Å². The van der Waals surface area contributed by atoms with E-state index in [9.17, 15) is 9.59 Å². The van der Waals surface area contributed by atoms with Crippen LogP contribution in [0.3, 0.4) is 0 Å². The lowest BCUT2D eigenvalue weighted by molar-refractivity contribution is -0.678. The van der Waals surface area contributed by atoms with Gasteiger partial charge in [0.25, 0.3) is 0 Å². The molecule has 0 aliphatic heterocycles. The zero-order chi connectivity index (χ0) is 17.1. The van der Waals surface area contributed by atoms with E-state index in [1.54, 1.807) is 28.8 Å². The number of carbonyl (C=O) groups is 1. The minimum Gasteiger partial charge on any atom is -0.497 e. The Kier molecular flexibility index (Phi) is 4.69. The van der Waals surface area contributed by atoms with E-state index >= 15 is 0 Å². The summed E-state index contributed by atoms with van der Waals surface area (Å²) in [5, 5.41) is 2.61. The summed E-state index contributed by atoms with van der Waals surface area (Å²) in [4.78, 5) is 26.3. The Morgan fingerprint density at radius 2 is 2.08 bits per heavy atom. The van der Waals surface area contributed by atoms with Crippen LogP contribution >= 0.6 is 0 Å². The molecule has 7 nitrogen and oxygen atoms in total. The minimum absolute atomic E-state index is 0.0851. The summed E-state index contributed by atoms with van der Waals surface area (Å²) in [5.41, 5.74) is 0.702. The number of H-pyrrole nitrogens is 1. The predicted molar refractivity (Wildman–Crippen MR) is 85.9 cm³/mol. The highest BCUT2D eigenvalue weighted by molar-refractivity contribution is 5.76. The number of methoxy groups -OCH3 is 1. The fourth-order valence-corrected chi connectivity index (χ4v) is 2.69. The molecule has 1 saturated carbocycles. The van der Waals surface area contributed by atoms with Gasteiger partial charge in [-0.05, 0) is 41.3 Å². The number of rotatable bonds is 7. The highest BCUT2D eigenvalue weighted by atomic mass is 16.5. The quantitative estimate of drug-likeness (QED) is 0.780. The van der Waals surface area contributed by atoms with E-state index in [4.69, 9.17) is 9.26 Å². The maximum atomic E-state index is 12.4. The number of carbonyl (C=O) groups excluding carboxylic acids is 1. The number of nitrogens with zero attached hydrogens (tertiary/aromatic N) is 2. The van der Waals surface area contributed by atoms with Gasteiger partial charge in [-0.1, -0.05) is 6.92 Å². The van der Waals surface area contributed by atoms with Crippen molar-refractivity contribution in [3.05, 3.63) is 40.4 Å². The Morgan fingerprint density at radius 1 is 1.38 bits per heavy atom. The minimum atomic E-state index is -0.458. The van der Waals surface area contributed by atoms with E-state index < -0.39 is 5.63 Å². The van der Waals surface area contributed by atoms with Crippen LogP contribution in [0.2, 0.25) is 0 Å². The molecule has 1 aromatic carbocycles. The van der Waals surface area contributed by atoms with Crippen LogP contribution in [0.15, 0.2) is 33.6 Å². The van der Waals surface area contributed by atoms with Crippen LogP contribution in [0.25, 0.3) is 5.69 Å². The Morgan fingerprint density at radius 3 is 2.67 bits per heavy atom. The number of aromatic nitrogens is 2. The maximum absolute atomic E-state index is 12.4. The molecule has 1 aromatic heterocycles. The normalized spacial score (nSPS) is 13.8. The molecule has 128 valence electrons. The van der Waals surface area contributed by atoms with Crippen molar-refractivity contribution in [1.29, 1.82) is 0 Å². The molecular weight excluding hydrogens is 310 g/mol. The Hall–Kier alpha value is -2.57. The molecule has 0 bridgehead atoms. The van der Waals surface area contributed by atoms with Crippen molar-refractivity contribution >= 4 is 5.91 Å². The molecule has 24 heavy (non-hydrogen) atoms. The number of hydrogen-bond donors (Lipinski definition) is 1. The molecule has 1 aliphatic carbocycles. The second-order valence-electron chi connectivity index (χ2n) is 5.96. The first kappa shape index (κ1) is 16.3. The highest BCUT2D eigenvalue weighted by Crippen LogP contribution is 2.28. The third-order valence-corrected chi connectivity index (χ3v) is 4.16. The molecular formula is C17H22N3O4+. The number of aromatic amines is 1. The lowest BCUT2D eigenvalue weighted by Crippen LogP contribution is -2.43. The van der Waals surface area contributed by atoms with Crippen LogP contribution in [0.5, 0.6) is 5.75 Å². The molecule has 0 unspecified atom stereocenters. The maximum Gasteiger partial charge on any atom is 0.432 e. The van der Waals surface area contributed by atoms with Gasteiger partial charge in [0.15, 0.2) is 0 Å². The van der Waals surface area contributed by atoms with Gasteiger partial charge in [-0.2, -0.15) is 0 Å². The van der Waals surface area contributed by atoms with Gasteiger partial charge < -0.3 is 9.64 Å². The first-order valence-corrected chi connectivity index (χ1v) is 8.20. The van der Waals surface area contributed by atoms with Crippen molar-refractivity contribution in [1.82, 2.24) is 10.2 Å². The van der Waals surface area contributed by atoms with Crippen molar-refractivity contribution in [2.75, 3.05) is 7.11 Å². The highest BCUT2D eigenvalue weighted by Gasteiger charge is 2.36. The van der Waals surface area contributed by atoms with Crippen LogP contribution in [0, 0.1) is 0 Å². The fourth-order valence-electron chi connectivity index (χ4n) is 2.69. The molecule has 1 fully saturated rings. The van der Waals surface area contributed by atoms with Crippen LogP contribution < -0.4 is 15.0 Å². The number of benzene rings is 1. The smallest absolute Gasteiger partial charge is 0.432 e. The van der Waals surface area contributed by atoms with E-state index in [1.165, 1.54) is 0 Å². The monoisotopic (exact) mass is 332 g/mol. The van der Waals surface area contributed by atoms with E-state index in [-0.39, 0.29) is 18.5 Å². The summed E-state index contributed by atoms with van der Waals surface area (Å²) < 4.78 is 11.7. The van der Waals surface area contributed by atoms with Crippen LogP contribution in [0.1, 0.15) is 38.3 Å². The van der Waals surface area contributed by atoms with Crippen LogP contribution in [-0.4, -0.2) is 29.2 Å². The summed E-state index contributed by atoms with van der Waals surface area (Å²) in [7, 11) is 1.60. The van der Waals surface area contributed by atoms with Gasteiger partial charge in [-0.3, -0.25) is 9.32 Å². The van der Waals surface area contributed by atoms with E-state index in [2.05, 4.69) is 5.27 Å². The van der Waals surface area contributed by atoms with Crippen molar-refractivity contribution in [3.63, 3.8) is 0 Å². The standard InChI is InChI=1S/C17H21N3O4/c1-3-4-16(21)19(12-5-6-12)11-15-17(22)24-18-20(15)13-7-9-14(23-2)10-8-13/h7-10,12H,3-6,11H2,1-2H3/p+1. The van der Waals surface area contributed by atoms with E-state index in [1.807, 2.05) is 19.1 Å². The average Bonchev–Trinajstić information content (AvgIpc) is 3.37. The summed E-state index contributed by atoms with van der Waals surface area (Å²) in [6.07, 6.45) is 3.28. The number of amides is 1. The molecule has 1 amide bonds. The van der Waals surface area contributed by atoms with Gasteiger partial charge in [0.2, 0.25) is 11.6 Å². The molecule has 2 aromatic rings. The first-order chi connectivity index (χ1) is 11.6. The SMILES string of the molecule is CCCC(=O)N(Cc1c(=O)o[nH][n+]1-c1ccc(OC)cc1)C1CC1. The summed E-state index contributed by atoms with van der Waals surface area (Å²) in [5.74, 6) is 0.811. The first-order valence-electron chi connectivity index (χ1n) is 8.20. The van der Waals surface area contributed by atoms with Crippen molar-refractivity contribution in [2.45, 2.75) is 45.2 Å². The largest absolute Gasteiger partial charge is 0.497 e. The summed E-state index contributed by atoms with van der Waals surface area (Å²) in [6.45, 7) is 2.23. The Bertz CT molecular complexity index is 759. The molecule has 1 aliphatic rings. The van der Waals surface area contributed by atoms with Gasteiger partial charge in [0.05, 0.1) is 7.11 Å². The van der Waals surface area contributed by atoms with Gasteiger partial charge in [-0.15, -0.1) is 0 Å². The third kappa shape index (κ3) is 3.34. The third-order valence-electron chi connectivity index (χ3n) is 4.16. The van der Waals surface area contributed by atoms with Crippen molar-refractivity contribution < 1.29 is 18.7 Å². The molecule has 0 saturated heterocycles.